The van der Waals surface area contributed by atoms with Gasteiger partial charge in [0.2, 0.25) is 47.3 Å². The summed E-state index contributed by atoms with van der Waals surface area (Å²) < 4.78 is 22.1. The van der Waals surface area contributed by atoms with Gasteiger partial charge in [0.1, 0.15) is 5.69 Å². The molecule has 0 aliphatic carbocycles. The van der Waals surface area contributed by atoms with Crippen molar-refractivity contribution in [1.29, 1.82) is 0 Å². The van der Waals surface area contributed by atoms with Crippen molar-refractivity contribution in [2.24, 2.45) is 0 Å². The Bertz CT molecular complexity index is 4530. The van der Waals surface area contributed by atoms with Crippen LogP contribution >= 0.6 is 31.9 Å². The van der Waals surface area contributed by atoms with Gasteiger partial charge in [0, 0.05) is 5.56 Å². The van der Waals surface area contributed by atoms with E-state index in [1.165, 1.54) is 14.2 Å². The lowest BCUT2D eigenvalue weighted by atomic mass is 10.1. The first kappa shape index (κ1) is 67.6. The van der Waals surface area contributed by atoms with Crippen molar-refractivity contribution in [3.05, 3.63) is 173 Å². The van der Waals surface area contributed by atoms with E-state index in [4.69, 9.17) is 52.6 Å². The zero-order chi connectivity index (χ0) is 66.3. The first-order valence-corrected chi connectivity index (χ1v) is 31.8. The van der Waals surface area contributed by atoms with Crippen LogP contribution in [-0.4, -0.2) is 107 Å². The molecule has 25 nitrogen and oxygen atoms in total. The van der Waals surface area contributed by atoms with Crippen molar-refractivity contribution in [3.8, 4) is 34.8 Å². The lowest BCUT2D eigenvalue weighted by Crippen LogP contribution is -2.08. The first-order valence-electron chi connectivity index (χ1n) is 29.9. The molecule has 8 aromatic heterocycles. The molecule has 0 aliphatic rings. The van der Waals surface area contributed by atoms with Crippen LogP contribution in [0.15, 0.2) is 134 Å². The number of nitrogens with two attached hydrogens (primary N) is 5. The molecule has 8 heterocycles. The van der Waals surface area contributed by atoms with Crippen LogP contribution in [0.4, 0.5) is 29.6 Å². The van der Waals surface area contributed by atoms with E-state index < -0.39 is 0 Å². The van der Waals surface area contributed by atoms with Gasteiger partial charge >= 0.3 is 0 Å². The zero-order valence-corrected chi connectivity index (χ0v) is 55.4. The maximum absolute atomic E-state index is 5.82. The van der Waals surface area contributed by atoms with Gasteiger partial charge in [-0.05, 0) is 48.6 Å². The summed E-state index contributed by atoms with van der Waals surface area (Å²) in [5, 5.41) is 0. The number of unbranched alkanes of at least 4 members (excludes halogenated alkanes) is 4. The number of ether oxygens (including phenoxy) is 4. The third kappa shape index (κ3) is 18.2. The minimum Gasteiger partial charge on any atom is -0.479 e. The molecule has 0 spiro atoms. The fraction of sp³-hybridized carbons (Fsp3) is 0.224. The molecule has 0 fully saturated rings. The Morgan fingerprint density at radius 1 is 0.426 bits per heavy atom. The van der Waals surface area contributed by atoms with Crippen LogP contribution < -0.4 is 47.6 Å². The lowest BCUT2D eigenvalue weighted by molar-refractivity contribution is 0.298. The third-order valence-corrected chi connectivity index (χ3v) is 16.4. The molecule has 27 heteroatoms. The van der Waals surface area contributed by atoms with E-state index in [0.717, 1.165) is 77.9 Å². The number of fused-ring (bicyclic) bond motifs is 4. The molecule has 2 atom stereocenters. The van der Waals surface area contributed by atoms with Crippen molar-refractivity contribution in [2.45, 2.75) is 69.0 Å². The molecule has 0 radical (unpaired) electrons. The highest BCUT2D eigenvalue weighted by Crippen LogP contribution is 2.42. The molecule has 12 aromatic rings. The van der Waals surface area contributed by atoms with Gasteiger partial charge in [0.05, 0.1) is 72.3 Å². The molecular weight excluding hydrogens is 1320 g/mol. The predicted molar refractivity (Wildman–Crippen MR) is 376 cm³/mol. The summed E-state index contributed by atoms with van der Waals surface area (Å²) in [4.78, 5) is 68.5. The van der Waals surface area contributed by atoms with Crippen LogP contribution in [0.5, 0.6) is 23.5 Å². The van der Waals surface area contributed by atoms with Crippen molar-refractivity contribution in [1.82, 2.24) is 79.7 Å². The summed E-state index contributed by atoms with van der Waals surface area (Å²) in [6, 6.07) is 39.8. The number of aromatic nitrogens is 16. The Morgan fingerprint density at radius 2 is 0.904 bits per heavy atom. The van der Waals surface area contributed by atoms with Gasteiger partial charge in [-0.3, -0.25) is 0 Å². The summed E-state index contributed by atoms with van der Waals surface area (Å²) in [7, 11) is 3.02. The molecule has 94 heavy (non-hydrogen) atoms. The molecule has 0 aliphatic heterocycles. The Kier molecular flexibility index (Phi) is 24.1. The summed E-state index contributed by atoms with van der Waals surface area (Å²) in [6.45, 7) is 7.31. The fourth-order valence-corrected chi connectivity index (χ4v) is 10.1. The highest BCUT2D eigenvalue weighted by Gasteiger charge is 2.24. The summed E-state index contributed by atoms with van der Waals surface area (Å²) >= 11 is 7.47. The second-order valence-electron chi connectivity index (χ2n) is 20.6. The number of aryl methyl sites for hydroxylation is 1. The first-order chi connectivity index (χ1) is 45.7. The monoisotopic (exact) mass is 1390 g/mol. The summed E-state index contributed by atoms with van der Waals surface area (Å²) in [6.07, 6.45) is 17.4. The number of anilines is 5. The van der Waals surface area contributed by atoms with E-state index in [1.807, 2.05) is 140 Å². The van der Waals surface area contributed by atoms with Gasteiger partial charge in [0.15, 0.2) is 50.5 Å². The molecule has 12 rings (SSSR count). The van der Waals surface area contributed by atoms with Gasteiger partial charge < -0.3 is 47.6 Å². The normalized spacial score (nSPS) is 11.7. The SMILES string of the molecule is CCCCCOc1nc(N)nc2ncc(C(Br)C(Br)c3ccccc3)nc12.CCCCCOc1nc(N)nc2ncc(C=Cc3ccccc3)nc12.COc1nc2nc(N)nc(OC)c2nc1C=Cc1ccccc1.Cc1nc2nc(N)nc(N)c2nc1-c1ccccc1. The molecular formula is C67H69Br2N21O4. The van der Waals surface area contributed by atoms with Gasteiger partial charge in [-0.1, -0.05) is 205 Å². The van der Waals surface area contributed by atoms with Gasteiger partial charge in [-0.2, -0.15) is 44.9 Å². The Hall–Kier alpha value is -10.8. The average Bonchev–Trinajstić information content (AvgIpc) is 0.881. The van der Waals surface area contributed by atoms with E-state index in [2.05, 4.69) is 133 Å². The molecule has 2 unspecified atom stereocenters. The molecule has 0 saturated heterocycles. The lowest BCUT2D eigenvalue weighted by Gasteiger charge is -2.17. The van der Waals surface area contributed by atoms with Crippen LogP contribution in [0.25, 0.3) is 80.2 Å². The zero-order valence-electron chi connectivity index (χ0n) is 52.3. The fourth-order valence-electron chi connectivity index (χ4n) is 9.00. The maximum atomic E-state index is 5.82. The molecule has 10 N–H and O–H groups in total. The number of alkyl halides is 2. The number of rotatable bonds is 20. The maximum Gasteiger partial charge on any atom is 0.247 e. The summed E-state index contributed by atoms with van der Waals surface area (Å²) in [5.41, 5.74) is 39.9. The second kappa shape index (κ2) is 33.5. The predicted octanol–water partition coefficient (Wildman–Crippen LogP) is 12.6. The molecule has 4 aromatic carbocycles. The summed E-state index contributed by atoms with van der Waals surface area (Å²) in [5.74, 6) is 2.08. The largest absolute Gasteiger partial charge is 0.479 e. The van der Waals surface area contributed by atoms with Crippen molar-refractivity contribution < 1.29 is 18.9 Å². The van der Waals surface area contributed by atoms with Crippen molar-refractivity contribution >= 4 is 130 Å². The Labute approximate surface area is 559 Å². The number of benzene rings is 4. The van der Waals surface area contributed by atoms with E-state index in [0.29, 0.717) is 86.9 Å². The van der Waals surface area contributed by atoms with Crippen LogP contribution in [-0.2, 0) is 0 Å². The molecule has 0 amide bonds. The minimum atomic E-state index is -0.0812. The van der Waals surface area contributed by atoms with Crippen LogP contribution in [0, 0.1) is 6.92 Å². The third-order valence-electron chi connectivity index (χ3n) is 13.6. The average molecular weight is 1390 g/mol. The van der Waals surface area contributed by atoms with Crippen LogP contribution in [0.1, 0.15) is 101 Å². The smallest absolute Gasteiger partial charge is 0.247 e. The van der Waals surface area contributed by atoms with E-state index in [1.54, 1.807) is 12.4 Å². The molecule has 0 bridgehead atoms. The topological polar surface area (TPSA) is 373 Å². The highest BCUT2D eigenvalue weighted by molar-refractivity contribution is 9.12. The molecule has 480 valence electrons. The minimum absolute atomic E-state index is 0.0362. The number of nitrogens with zero attached hydrogens (tertiary/aromatic N) is 16. The quantitative estimate of drug-likeness (QED) is 0.0349. The van der Waals surface area contributed by atoms with E-state index >= 15 is 0 Å². The number of nitrogen functional groups attached to an aromatic ring is 5. The van der Waals surface area contributed by atoms with Gasteiger partial charge in [-0.25, -0.2) is 34.9 Å². The van der Waals surface area contributed by atoms with E-state index in [9.17, 15) is 0 Å². The number of methoxy groups -OCH3 is 2. The standard InChI is InChI=1S/C19H21Br2N5O.C19H21N5O.C16H15N5O2.C13H12N6/c1-2-3-7-10-27-18-16-17(25-19(22)26-18)23-11-13(24-16)15(21)14(20)12-8-5-4-6-9-12;1-2-3-7-12-25-18-16-17(23-19(20)24-18)21-13-15(22-16)11-10-14-8-5-4-6-9-14;1-22-14-11(9-8-10-6-4-3-5-7-10)18-12-13(19-14)20-16(17)21-15(12)23-2;1-7-9(8-5-3-2-4-6-8)17-10-11(14)18-13(15)19-12(10)16-7/h4-6,8-9,11,14-15H,2-3,7,10H2,1H3,(H2,22,23,25,26);4-6,8-11,13H,2-3,7,12H2,1H3,(H2,20,21,23,24);3-9H,1-2H3,(H2,17,19,20,21);2-6H,1H3,(H4,14,15,16,18,19). The number of hydrogen-bond donors (Lipinski definition) is 5. The number of halogens is 2. The van der Waals surface area contributed by atoms with Crippen molar-refractivity contribution in [3.63, 3.8) is 0 Å². The second-order valence-corrected chi connectivity index (χ2v) is 22.5. The van der Waals surface area contributed by atoms with Crippen molar-refractivity contribution in [2.75, 3.05) is 56.1 Å². The van der Waals surface area contributed by atoms with Crippen LogP contribution in [0.2, 0.25) is 0 Å². The molecule has 0 saturated carbocycles. The Balaban J connectivity index is 0.000000149. The van der Waals surface area contributed by atoms with E-state index in [-0.39, 0.29) is 45.1 Å². The van der Waals surface area contributed by atoms with Gasteiger partial charge in [0.25, 0.3) is 0 Å². The van der Waals surface area contributed by atoms with Crippen LogP contribution in [0.3, 0.4) is 0 Å². The Morgan fingerprint density at radius 3 is 1.47 bits per heavy atom. The highest BCUT2D eigenvalue weighted by atomic mass is 79.9. The van der Waals surface area contributed by atoms with Gasteiger partial charge in [-0.15, -0.1) is 0 Å². The number of hydrogen-bond acceptors (Lipinski definition) is 25.